The molecule has 5 rings (SSSR count). The predicted molar refractivity (Wildman–Crippen MR) is 112 cm³/mol. The third-order valence-corrected chi connectivity index (χ3v) is 6.95. The van der Waals surface area contributed by atoms with E-state index < -0.39 is 5.60 Å². The lowest BCUT2D eigenvalue weighted by molar-refractivity contribution is -0.143. The van der Waals surface area contributed by atoms with Crippen molar-refractivity contribution >= 4 is 5.91 Å². The first kappa shape index (κ1) is 19.4. The number of fused-ring (bicyclic) bond motifs is 1. The molecule has 3 aliphatic rings. The molecule has 1 heterocycles. The summed E-state index contributed by atoms with van der Waals surface area (Å²) < 4.78 is 5.19. The van der Waals surface area contributed by atoms with E-state index in [4.69, 9.17) is 4.74 Å². The van der Waals surface area contributed by atoms with E-state index in [0.717, 1.165) is 38.0 Å². The normalized spacial score (nSPS) is 27.2. The fourth-order valence-corrected chi connectivity index (χ4v) is 5.04. The molecule has 2 saturated carbocycles. The number of phenolic OH excluding ortho intramolecular Hbond substituents is 1. The number of carbonyl (C=O) groups is 1. The van der Waals surface area contributed by atoms with Crippen LogP contribution in [0.5, 0.6) is 11.5 Å². The van der Waals surface area contributed by atoms with E-state index in [2.05, 4.69) is 10.2 Å². The number of hydrogen-bond donors (Lipinski definition) is 3. The number of hydrogen-bond acceptors (Lipinski definition) is 5. The lowest BCUT2D eigenvalue weighted by Gasteiger charge is -2.28. The summed E-state index contributed by atoms with van der Waals surface area (Å²) in [6.07, 6.45) is 1.78. The van der Waals surface area contributed by atoms with Crippen molar-refractivity contribution in [2.75, 3.05) is 20.2 Å². The first-order valence-electron chi connectivity index (χ1n) is 10.7. The summed E-state index contributed by atoms with van der Waals surface area (Å²) in [4.78, 5) is 15.5. The molecule has 1 amide bonds. The van der Waals surface area contributed by atoms with Gasteiger partial charge in [-0.05, 0) is 47.9 Å². The zero-order valence-electron chi connectivity index (χ0n) is 17.1. The molecule has 4 atom stereocenters. The molecule has 0 bridgehead atoms. The van der Waals surface area contributed by atoms with Crippen molar-refractivity contribution in [3.05, 3.63) is 59.7 Å². The quantitative estimate of drug-likeness (QED) is 0.655. The van der Waals surface area contributed by atoms with Crippen molar-refractivity contribution in [2.24, 2.45) is 17.8 Å². The van der Waals surface area contributed by atoms with Crippen LogP contribution >= 0.6 is 0 Å². The van der Waals surface area contributed by atoms with Crippen LogP contribution in [-0.2, 0) is 16.9 Å². The van der Waals surface area contributed by atoms with Gasteiger partial charge in [0.25, 0.3) is 5.91 Å². The fraction of sp³-hybridized carbons (Fsp3) is 0.458. The van der Waals surface area contributed by atoms with Crippen LogP contribution in [0.2, 0.25) is 0 Å². The minimum absolute atomic E-state index is 0.0134. The van der Waals surface area contributed by atoms with E-state index in [0.29, 0.717) is 23.1 Å². The fourth-order valence-electron chi connectivity index (χ4n) is 5.04. The van der Waals surface area contributed by atoms with Gasteiger partial charge in [-0.3, -0.25) is 9.69 Å². The molecule has 2 aromatic carbocycles. The smallest absolute Gasteiger partial charge is 0.257 e. The number of carbonyl (C=O) groups excluding carboxylic acids is 1. The molecule has 2 aromatic rings. The van der Waals surface area contributed by atoms with Crippen LogP contribution in [0.4, 0.5) is 0 Å². The maximum atomic E-state index is 13.1. The Morgan fingerprint density at radius 1 is 1.17 bits per heavy atom. The largest absolute Gasteiger partial charge is 0.504 e. The minimum atomic E-state index is -1.42. The number of amides is 1. The number of benzene rings is 2. The molecule has 3 N–H and O–H groups in total. The van der Waals surface area contributed by atoms with Gasteiger partial charge in [-0.25, -0.2) is 0 Å². The van der Waals surface area contributed by atoms with Gasteiger partial charge in [0.15, 0.2) is 17.1 Å². The van der Waals surface area contributed by atoms with Crippen molar-refractivity contribution in [2.45, 2.75) is 31.0 Å². The zero-order valence-corrected chi connectivity index (χ0v) is 17.1. The number of rotatable bonds is 7. The highest BCUT2D eigenvalue weighted by Crippen LogP contribution is 2.49. The van der Waals surface area contributed by atoms with E-state index in [1.807, 2.05) is 42.5 Å². The highest BCUT2D eigenvalue weighted by Gasteiger charge is 2.59. The summed E-state index contributed by atoms with van der Waals surface area (Å²) in [6.45, 7) is 2.64. The first-order valence-corrected chi connectivity index (χ1v) is 10.7. The topological polar surface area (TPSA) is 82.0 Å². The third kappa shape index (κ3) is 3.34. The molecule has 2 aliphatic carbocycles. The van der Waals surface area contributed by atoms with Crippen molar-refractivity contribution in [1.82, 2.24) is 10.2 Å². The van der Waals surface area contributed by atoms with Gasteiger partial charge in [-0.15, -0.1) is 0 Å². The van der Waals surface area contributed by atoms with Crippen LogP contribution in [0.1, 0.15) is 24.0 Å². The van der Waals surface area contributed by atoms with Crippen molar-refractivity contribution in [3.63, 3.8) is 0 Å². The molecule has 1 saturated heterocycles. The number of nitrogens with zero attached hydrogens (tertiary/aromatic N) is 1. The molecule has 158 valence electrons. The molecule has 1 aliphatic heterocycles. The Labute approximate surface area is 176 Å². The number of phenols is 1. The second-order valence-electron chi connectivity index (χ2n) is 8.93. The maximum Gasteiger partial charge on any atom is 0.257 e. The predicted octanol–water partition coefficient (Wildman–Crippen LogP) is 2.25. The molecule has 6 nitrogen and oxygen atoms in total. The molecule has 3 unspecified atom stereocenters. The van der Waals surface area contributed by atoms with E-state index in [-0.39, 0.29) is 23.6 Å². The molecule has 0 radical (unpaired) electrons. The number of aromatic hydroxyl groups is 1. The van der Waals surface area contributed by atoms with Gasteiger partial charge in [0.2, 0.25) is 0 Å². The van der Waals surface area contributed by atoms with Gasteiger partial charge in [-0.1, -0.05) is 36.4 Å². The molecular formula is C24H28N2O4. The van der Waals surface area contributed by atoms with Gasteiger partial charge < -0.3 is 20.3 Å². The lowest BCUT2D eigenvalue weighted by Crippen LogP contribution is -2.48. The Kier molecular flexibility index (Phi) is 4.71. The first-order chi connectivity index (χ1) is 14.5. The van der Waals surface area contributed by atoms with Crippen molar-refractivity contribution in [3.8, 4) is 11.5 Å². The minimum Gasteiger partial charge on any atom is -0.504 e. The van der Waals surface area contributed by atoms with Gasteiger partial charge >= 0.3 is 0 Å². The Morgan fingerprint density at radius 2 is 1.87 bits per heavy atom. The summed E-state index contributed by atoms with van der Waals surface area (Å²) in [5, 5.41) is 24.2. The highest BCUT2D eigenvalue weighted by molar-refractivity contribution is 5.87. The summed E-state index contributed by atoms with van der Waals surface area (Å²) in [7, 11) is 1.55. The van der Waals surface area contributed by atoms with Crippen LogP contribution in [0, 0.1) is 17.8 Å². The van der Waals surface area contributed by atoms with E-state index >= 15 is 0 Å². The summed E-state index contributed by atoms with van der Waals surface area (Å²) in [5.74, 6) is 1.28. The Hall–Kier alpha value is -2.57. The van der Waals surface area contributed by atoms with Gasteiger partial charge in [0.05, 0.1) is 7.11 Å². The number of methoxy groups -OCH3 is 1. The number of aliphatic hydroxyl groups is 1. The monoisotopic (exact) mass is 408 g/mol. The second-order valence-corrected chi connectivity index (χ2v) is 8.93. The molecule has 30 heavy (non-hydrogen) atoms. The zero-order chi connectivity index (χ0) is 20.9. The van der Waals surface area contributed by atoms with Gasteiger partial charge in [-0.2, -0.15) is 0 Å². The Morgan fingerprint density at radius 3 is 2.50 bits per heavy atom. The van der Waals surface area contributed by atoms with Gasteiger partial charge in [0, 0.05) is 31.6 Å². The average molecular weight is 408 g/mol. The van der Waals surface area contributed by atoms with Crippen molar-refractivity contribution < 1.29 is 19.7 Å². The van der Waals surface area contributed by atoms with Crippen LogP contribution in [0.3, 0.4) is 0 Å². The Balaban J connectivity index is 1.19. The van der Waals surface area contributed by atoms with Crippen LogP contribution in [0.15, 0.2) is 48.5 Å². The SMILES string of the molecule is COc1cc(CN2CC3C(NC(=O)C(O)(c4ccccc4)C4CC4)[C@H]3C2)ccc1O. The summed E-state index contributed by atoms with van der Waals surface area (Å²) in [6, 6.07) is 14.9. The molecule has 3 fully saturated rings. The number of nitrogens with one attached hydrogen (secondary N) is 1. The van der Waals surface area contributed by atoms with E-state index in [9.17, 15) is 15.0 Å². The second kappa shape index (κ2) is 7.29. The third-order valence-electron chi connectivity index (χ3n) is 6.95. The van der Waals surface area contributed by atoms with E-state index in [1.165, 1.54) is 0 Å². The number of ether oxygens (including phenoxy) is 1. The lowest BCUT2D eigenvalue weighted by atomic mass is 9.87. The Bertz CT molecular complexity index is 933. The highest BCUT2D eigenvalue weighted by atomic mass is 16.5. The average Bonchev–Trinajstić information content (AvgIpc) is 3.67. The van der Waals surface area contributed by atoms with Crippen LogP contribution in [-0.4, -0.2) is 47.3 Å². The number of piperidine rings is 1. The number of likely N-dealkylation sites (tertiary alicyclic amines) is 1. The van der Waals surface area contributed by atoms with E-state index in [1.54, 1.807) is 13.2 Å². The summed E-state index contributed by atoms with van der Waals surface area (Å²) >= 11 is 0. The van der Waals surface area contributed by atoms with Crippen LogP contribution < -0.4 is 10.1 Å². The summed E-state index contributed by atoms with van der Waals surface area (Å²) in [5.41, 5.74) is 0.373. The molecule has 6 heteroatoms. The van der Waals surface area contributed by atoms with Crippen molar-refractivity contribution in [1.29, 1.82) is 0 Å². The molecule has 0 spiro atoms. The molecule has 0 aromatic heterocycles. The maximum absolute atomic E-state index is 13.1. The molecular weight excluding hydrogens is 380 g/mol. The van der Waals surface area contributed by atoms with Crippen LogP contribution in [0.25, 0.3) is 0 Å². The standard InChI is InChI=1S/C24H28N2O4/c1-30-21-11-15(7-10-20(21)27)12-26-13-18-19(14-26)22(18)25-23(28)24(29,17-8-9-17)16-5-3-2-4-6-16/h2-7,10-11,17-19,22,27,29H,8-9,12-14H2,1H3,(H,25,28)/t18-,19?,22?,24?/m0/s1. The van der Waals surface area contributed by atoms with Gasteiger partial charge in [0.1, 0.15) is 0 Å².